The molecule has 0 spiro atoms. The van der Waals surface area contributed by atoms with E-state index in [4.69, 9.17) is 4.74 Å². The Balaban J connectivity index is 1.56. The number of ether oxygens (including phenoxy) is 1. The molecule has 0 N–H and O–H groups in total. The van der Waals surface area contributed by atoms with Crippen LogP contribution in [-0.4, -0.2) is 18.4 Å². The highest BCUT2D eigenvalue weighted by Gasteiger charge is 2.38. The smallest absolute Gasteiger partial charge is 0.316 e. The van der Waals surface area contributed by atoms with E-state index in [9.17, 15) is 9.59 Å². The third-order valence-electron chi connectivity index (χ3n) is 5.88. The summed E-state index contributed by atoms with van der Waals surface area (Å²) < 4.78 is 5.81. The maximum Gasteiger partial charge on any atom is 0.316 e. The van der Waals surface area contributed by atoms with Gasteiger partial charge in [0.1, 0.15) is 5.75 Å². The van der Waals surface area contributed by atoms with E-state index in [1.807, 2.05) is 54.6 Å². The van der Waals surface area contributed by atoms with Gasteiger partial charge in [0.05, 0.1) is 5.92 Å². The van der Waals surface area contributed by atoms with Gasteiger partial charge in [-0.05, 0) is 35.6 Å². The summed E-state index contributed by atoms with van der Waals surface area (Å²) in [5.74, 6) is -0.334. The molecule has 0 radical (unpaired) electrons. The second kappa shape index (κ2) is 9.17. The van der Waals surface area contributed by atoms with Crippen molar-refractivity contribution < 1.29 is 14.3 Å². The maximum atomic E-state index is 13.0. The minimum absolute atomic E-state index is 0.0195. The maximum absolute atomic E-state index is 13.0. The van der Waals surface area contributed by atoms with Crippen LogP contribution in [0.1, 0.15) is 31.4 Å². The molecule has 1 heterocycles. The van der Waals surface area contributed by atoms with E-state index in [1.165, 1.54) is 0 Å². The number of para-hydroxylation sites is 2. The quantitative estimate of drug-likeness (QED) is 0.399. The molecule has 31 heavy (non-hydrogen) atoms. The Morgan fingerprint density at radius 2 is 1.55 bits per heavy atom. The van der Waals surface area contributed by atoms with E-state index >= 15 is 0 Å². The Morgan fingerprint density at radius 3 is 2.23 bits per heavy atom. The summed E-state index contributed by atoms with van der Waals surface area (Å²) in [6.45, 7) is 4.53. The normalized spacial score (nSPS) is 15.9. The Labute approximate surface area is 183 Å². The van der Waals surface area contributed by atoms with Crippen molar-refractivity contribution in [2.45, 2.75) is 33.1 Å². The number of carbonyl (C=O) groups excluding carboxylic acids is 2. The summed E-state index contributed by atoms with van der Waals surface area (Å²) in [7, 11) is 0. The van der Waals surface area contributed by atoms with Gasteiger partial charge >= 0.3 is 5.97 Å². The molecule has 3 aromatic carbocycles. The zero-order valence-corrected chi connectivity index (χ0v) is 18.0. The molecular formula is C27H27NO3. The molecule has 3 aromatic rings. The number of hydrogen-bond acceptors (Lipinski definition) is 3. The predicted molar refractivity (Wildman–Crippen MR) is 123 cm³/mol. The molecular weight excluding hydrogens is 386 g/mol. The highest BCUT2D eigenvalue weighted by Crippen LogP contribution is 2.34. The van der Waals surface area contributed by atoms with E-state index in [0.29, 0.717) is 12.3 Å². The molecule has 0 bridgehead atoms. The second-order valence-electron chi connectivity index (χ2n) is 7.82. The number of carbonyl (C=O) groups is 2. The van der Waals surface area contributed by atoms with Gasteiger partial charge in [-0.15, -0.1) is 0 Å². The Kier molecular flexibility index (Phi) is 6.17. The van der Waals surface area contributed by atoms with Gasteiger partial charge < -0.3 is 9.64 Å². The number of rotatable bonds is 6. The van der Waals surface area contributed by atoms with Crippen molar-refractivity contribution in [3.8, 4) is 16.9 Å². The monoisotopic (exact) mass is 413 g/mol. The van der Waals surface area contributed by atoms with Gasteiger partial charge in [0, 0.05) is 24.2 Å². The average molecular weight is 414 g/mol. The van der Waals surface area contributed by atoms with Crippen molar-refractivity contribution >= 4 is 17.6 Å². The lowest BCUT2D eigenvalue weighted by Gasteiger charge is -2.23. The van der Waals surface area contributed by atoms with Crippen molar-refractivity contribution in [2.75, 3.05) is 11.4 Å². The lowest BCUT2D eigenvalue weighted by Crippen LogP contribution is -2.29. The molecule has 1 saturated heterocycles. The number of benzene rings is 3. The van der Waals surface area contributed by atoms with E-state index in [-0.39, 0.29) is 18.3 Å². The Bertz CT molecular complexity index is 1070. The van der Waals surface area contributed by atoms with Crippen LogP contribution in [0.25, 0.3) is 11.1 Å². The minimum atomic E-state index is -0.481. The van der Waals surface area contributed by atoms with Crippen LogP contribution in [0.5, 0.6) is 5.75 Å². The lowest BCUT2D eigenvalue weighted by molar-refractivity contribution is -0.139. The number of nitrogens with zero attached hydrogens (tertiary/aromatic N) is 1. The van der Waals surface area contributed by atoms with Crippen LogP contribution in [0.3, 0.4) is 0 Å². The van der Waals surface area contributed by atoms with Crippen molar-refractivity contribution in [2.24, 2.45) is 5.92 Å². The molecule has 1 aliphatic heterocycles. The largest absolute Gasteiger partial charge is 0.426 e. The highest BCUT2D eigenvalue weighted by molar-refractivity contribution is 6.01. The van der Waals surface area contributed by atoms with Crippen molar-refractivity contribution in [1.29, 1.82) is 0 Å². The first kappa shape index (κ1) is 20.9. The minimum Gasteiger partial charge on any atom is -0.426 e. The zero-order chi connectivity index (χ0) is 21.8. The molecule has 1 atom stereocenters. The molecule has 0 unspecified atom stereocenters. The molecule has 4 nitrogen and oxygen atoms in total. The zero-order valence-electron chi connectivity index (χ0n) is 18.0. The molecule has 4 rings (SSSR count). The molecule has 1 amide bonds. The van der Waals surface area contributed by atoms with Gasteiger partial charge in [-0.3, -0.25) is 9.59 Å². The first-order chi connectivity index (χ1) is 15.1. The number of amides is 1. The first-order valence-electron chi connectivity index (χ1n) is 10.9. The predicted octanol–water partition coefficient (Wildman–Crippen LogP) is 5.44. The Morgan fingerprint density at radius 1 is 0.903 bits per heavy atom. The molecule has 0 saturated carbocycles. The van der Waals surface area contributed by atoms with Crippen molar-refractivity contribution in [3.05, 3.63) is 83.9 Å². The molecule has 1 aliphatic rings. The topological polar surface area (TPSA) is 46.6 Å². The van der Waals surface area contributed by atoms with Crippen molar-refractivity contribution in [1.82, 2.24) is 0 Å². The summed E-state index contributed by atoms with van der Waals surface area (Å²) in [5, 5.41) is 0. The van der Waals surface area contributed by atoms with Crippen LogP contribution >= 0.6 is 0 Å². The van der Waals surface area contributed by atoms with E-state index in [2.05, 4.69) is 26.0 Å². The van der Waals surface area contributed by atoms with Gasteiger partial charge in [-0.2, -0.15) is 0 Å². The summed E-state index contributed by atoms with van der Waals surface area (Å²) in [5.41, 5.74) is 5.09. The van der Waals surface area contributed by atoms with Crippen LogP contribution in [0.4, 0.5) is 5.69 Å². The number of esters is 1. The van der Waals surface area contributed by atoms with Gasteiger partial charge in [0.25, 0.3) is 0 Å². The standard InChI is InChI=1S/C27H27NO3/c1-3-19-13-10-14-20(4-2)26(19)28-18-22(17-25(28)29)27(30)31-24-16-9-8-15-23(24)21-11-6-5-7-12-21/h5-16,22H,3-4,17-18H2,1-2H3/t22-/m1/s1. The summed E-state index contributed by atoms with van der Waals surface area (Å²) in [4.78, 5) is 27.7. The van der Waals surface area contributed by atoms with Gasteiger partial charge in [-0.25, -0.2) is 0 Å². The number of hydrogen-bond donors (Lipinski definition) is 0. The summed E-state index contributed by atoms with van der Waals surface area (Å²) >= 11 is 0. The van der Waals surface area contributed by atoms with Crippen molar-refractivity contribution in [3.63, 3.8) is 0 Å². The molecule has 158 valence electrons. The Hall–Kier alpha value is -3.40. The first-order valence-corrected chi connectivity index (χ1v) is 10.9. The van der Waals surface area contributed by atoms with E-state index in [1.54, 1.807) is 11.0 Å². The fourth-order valence-corrected chi connectivity index (χ4v) is 4.25. The summed E-state index contributed by atoms with van der Waals surface area (Å²) in [6, 6.07) is 23.5. The number of anilines is 1. The fourth-order valence-electron chi connectivity index (χ4n) is 4.25. The van der Waals surface area contributed by atoms with E-state index < -0.39 is 5.92 Å². The van der Waals surface area contributed by atoms with Crippen LogP contribution in [0.2, 0.25) is 0 Å². The molecule has 4 heteroatoms. The third kappa shape index (κ3) is 4.24. The van der Waals surface area contributed by atoms with Crippen LogP contribution < -0.4 is 9.64 Å². The van der Waals surface area contributed by atoms with Gasteiger partial charge in [0.15, 0.2) is 0 Å². The molecule has 0 aromatic heterocycles. The average Bonchev–Trinajstić information content (AvgIpc) is 3.20. The fraction of sp³-hybridized carbons (Fsp3) is 0.259. The summed E-state index contributed by atoms with van der Waals surface area (Å²) in [6.07, 6.45) is 1.85. The van der Waals surface area contributed by atoms with Gasteiger partial charge in [0.2, 0.25) is 5.91 Å². The van der Waals surface area contributed by atoms with Crippen LogP contribution in [-0.2, 0) is 22.4 Å². The third-order valence-corrected chi connectivity index (χ3v) is 5.88. The SMILES string of the molecule is CCc1cccc(CC)c1N1C[C@H](C(=O)Oc2ccccc2-c2ccccc2)CC1=O. The van der Waals surface area contributed by atoms with Crippen LogP contribution in [0.15, 0.2) is 72.8 Å². The van der Waals surface area contributed by atoms with Gasteiger partial charge in [-0.1, -0.05) is 80.6 Å². The molecule has 1 fully saturated rings. The second-order valence-corrected chi connectivity index (χ2v) is 7.82. The van der Waals surface area contributed by atoms with Crippen LogP contribution in [0, 0.1) is 5.92 Å². The van der Waals surface area contributed by atoms with E-state index in [0.717, 1.165) is 40.8 Å². The molecule has 0 aliphatic carbocycles. The number of aryl methyl sites for hydroxylation is 2. The highest BCUT2D eigenvalue weighted by atomic mass is 16.5. The lowest BCUT2D eigenvalue weighted by atomic mass is 10.0.